The highest BCUT2D eigenvalue weighted by Gasteiger charge is 2.49. The second-order valence-corrected chi connectivity index (χ2v) is 12.0. The molecule has 5 rings (SSSR count). The lowest BCUT2D eigenvalue weighted by atomic mass is 9.84. The summed E-state index contributed by atoms with van der Waals surface area (Å²) in [5, 5.41) is 8.34. The Morgan fingerprint density at radius 1 is 1.02 bits per heavy atom. The summed E-state index contributed by atoms with van der Waals surface area (Å²) < 4.78 is 1.61. The highest BCUT2D eigenvalue weighted by atomic mass is 16.2. The molecule has 3 heterocycles. The van der Waals surface area contributed by atoms with Gasteiger partial charge in [-0.2, -0.15) is 5.10 Å². The summed E-state index contributed by atoms with van der Waals surface area (Å²) in [5.41, 5.74) is 4.51. The SMILES string of the molecule is CC(=O)c1nn(CC(=O)N2[C@H](C(=O)NCCc3ccccc3)CC(C)(C)[C@H]2C)c2c(C)cc(-c3cnc(C)nc3)cc12. The fourth-order valence-electron chi connectivity index (χ4n) is 5.93. The number of likely N-dealkylation sites (tertiary alicyclic amines) is 1. The Morgan fingerprint density at radius 2 is 1.71 bits per heavy atom. The van der Waals surface area contributed by atoms with E-state index >= 15 is 0 Å². The van der Waals surface area contributed by atoms with Crippen LogP contribution < -0.4 is 5.32 Å². The first kappa shape index (κ1) is 29.1. The predicted octanol–water partition coefficient (Wildman–Crippen LogP) is 4.69. The molecule has 4 aromatic rings. The van der Waals surface area contributed by atoms with Crippen molar-refractivity contribution in [2.75, 3.05) is 6.54 Å². The minimum absolute atomic E-state index is 0.0776. The molecule has 1 saturated heterocycles. The standard InChI is InChI=1S/C33H38N6O3/c1-20-14-25(26-17-35-23(4)36-18-26)15-27-30(21(2)40)37-38(31(20)27)19-29(41)39-22(3)33(5,6)16-28(39)32(42)34-13-12-24-10-8-7-9-11-24/h7-11,14-15,17-18,22,28H,12-13,16,19H2,1-6H3,(H,34,42)/t22-,28+/m1/s1. The normalized spacial score (nSPS) is 17.9. The van der Waals surface area contributed by atoms with E-state index in [-0.39, 0.29) is 35.6 Å². The van der Waals surface area contributed by atoms with Gasteiger partial charge in [0.2, 0.25) is 11.8 Å². The minimum atomic E-state index is -0.582. The van der Waals surface area contributed by atoms with Gasteiger partial charge in [0.1, 0.15) is 24.1 Å². The van der Waals surface area contributed by atoms with Gasteiger partial charge in [-0.15, -0.1) is 0 Å². The summed E-state index contributed by atoms with van der Waals surface area (Å²) in [6, 6.07) is 13.2. The molecule has 0 unspecified atom stereocenters. The van der Waals surface area contributed by atoms with E-state index < -0.39 is 6.04 Å². The molecule has 1 aliphatic rings. The second-order valence-electron chi connectivity index (χ2n) is 12.0. The van der Waals surface area contributed by atoms with Gasteiger partial charge < -0.3 is 10.2 Å². The topological polar surface area (TPSA) is 110 Å². The van der Waals surface area contributed by atoms with Crippen LogP contribution in [-0.2, 0) is 22.6 Å². The number of rotatable bonds is 8. The molecule has 218 valence electrons. The Morgan fingerprint density at radius 3 is 2.38 bits per heavy atom. The Labute approximate surface area is 246 Å². The van der Waals surface area contributed by atoms with E-state index in [1.807, 2.05) is 63.2 Å². The van der Waals surface area contributed by atoms with Crippen LogP contribution >= 0.6 is 0 Å². The molecule has 2 amide bonds. The molecule has 0 saturated carbocycles. The monoisotopic (exact) mass is 566 g/mol. The molecule has 0 bridgehead atoms. The molecular formula is C33H38N6O3. The van der Waals surface area contributed by atoms with E-state index in [0.717, 1.165) is 34.2 Å². The average molecular weight is 567 g/mol. The van der Waals surface area contributed by atoms with Crippen LogP contribution in [0.3, 0.4) is 0 Å². The summed E-state index contributed by atoms with van der Waals surface area (Å²) in [4.78, 5) is 50.3. The molecule has 2 atom stereocenters. The molecule has 0 spiro atoms. The number of nitrogens with one attached hydrogen (secondary N) is 1. The maximum absolute atomic E-state index is 14.0. The van der Waals surface area contributed by atoms with Gasteiger partial charge in [-0.3, -0.25) is 19.1 Å². The van der Waals surface area contributed by atoms with E-state index in [9.17, 15) is 14.4 Å². The number of amides is 2. The Hall–Kier alpha value is -4.40. The van der Waals surface area contributed by atoms with Gasteiger partial charge in [-0.05, 0) is 67.9 Å². The van der Waals surface area contributed by atoms with E-state index in [0.29, 0.717) is 29.9 Å². The van der Waals surface area contributed by atoms with Crippen molar-refractivity contribution in [2.45, 2.75) is 73.0 Å². The van der Waals surface area contributed by atoms with Crippen LogP contribution in [0.5, 0.6) is 0 Å². The van der Waals surface area contributed by atoms with Gasteiger partial charge in [0.25, 0.3) is 0 Å². The van der Waals surface area contributed by atoms with Crippen LogP contribution in [0, 0.1) is 19.3 Å². The first-order valence-electron chi connectivity index (χ1n) is 14.4. The molecule has 1 N–H and O–H groups in total. The number of carbonyl (C=O) groups excluding carboxylic acids is 3. The maximum atomic E-state index is 14.0. The quantitative estimate of drug-likeness (QED) is 0.310. The third-order valence-corrected chi connectivity index (χ3v) is 8.52. The summed E-state index contributed by atoms with van der Waals surface area (Å²) >= 11 is 0. The van der Waals surface area contributed by atoms with Crippen molar-refractivity contribution in [2.24, 2.45) is 5.41 Å². The molecule has 1 fully saturated rings. The molecule has 1 aliphatic heterocycles. The van der Waals surface area contributed by atoms with E-state index in [2.05, 4.69) is 34.2 Å². The molecule has 42 heavy (non-hydrogen) atoms. The third kappa shape index (κ3) is 5.68. The molecule has 2 aromatic heterocycles. The number of Topliss-reactive ketones (excluding diaryl/α,β-unsaturated/α-hetero) is 1. The summed E-state index contributed by atoms with van der Waals surface area (Å²) in [6.45, 7) is 11.8. The van der Waals surface area contributed by atoms with Crippen LogP contribution in [0.25, 0.3) is 22.0 Å². The highest BCUT2D eigenvalue weighted by Crippen LogP contribution is 2.40. The molecular weight excluding hydrogens is 528 g/mol. The molecule has 0 aliphatic carbocycles. The number of hydrogen-bond acceptors (Lipinski definition) is 6. The third-order valence-electron chi connectivity index (χ3n) is 8.52. The van der Waals surface area contributed by atoms with Gasteiger partial charge >= 0.3 is 0 Å². The van der Waals surface area contributed by atoms with Crippen LogP contribution in [0.1, 0.15) is 61.6 Å². The fourth-order valence-corrected chi connectivity index (χ4v) is 5.93. The number of ketones is 1. The summed E-state index contributed by atoms with van der Waals surface area (Å²) in [7, 11) is 0. The van der Waals surface area contributed by atoms with Gasteiger partial charge in [0.15, 0.2) is 5.78 Å². The van der Waals surface area contributed by atoms with Crippen LogP contribution in [0.2, 0.25) is 0 Å². The lowest BCUT2D eigenvalue weighted by molar-refractivity contribution is -0.141. The Kier molecular flexibility index (Phi) is 7.95. The number of nitrogens with zero attached hydrogens (tertiary/aromatic N) is 5. The summed E-state index contributed by atoms with van der Waals surface area (Å²) in [5.74, 6) is 0.142. The van der Waals surface area contributed by atoms with Crippen molar-refractivity contribution in [1.82, 2.24) is 30.0 Å². The lowest BCUT2D eigenvalue weighted by Gasteiger charge is -2.31. The molecule has 9 heteroatoms. The lowest BCUT2D eigenvalue weighted by Crippen LogP contribution is -2.50. The van der Waals surface area contributed by atoms with E-state index in [4.69, 9.17) is 0 Å². The zero-order chi connectivity index (χ0) is 30.2. The number of benzene rings is 2. The van der Waals surface area contributed by atoms with Crippen molar-refractivity contribution in [3.05, 3.63) is 77.5 Å². The number of carbonyl (C=O) groups is 3. The largest absolute Gasteiger partial charge is 0.354 e. The van der Waals surface area contributed by atoms with Gasteiger partial charge in [-0.1, -0.05) is 44.2 Å². The van der Waals surface area contributed by atoms with E-state index in [1.54, 1.807) is 22.0 Å². The van der Waals surface area contributed by atoms with Gasteiger partial charge in [-0.25, -0.2) is 9.97 Å². The van der Waals surface area contributed by atoms with Crippen molar-refractivity contribution >= 4 is 28.5 Å². The molecule has 9 nitrogen and oxygen atoms in total. The van der Waals surface area contributed by atoms with Crippen molar-refractivity contribution in [1.29, 1.82) is 0 Å². The maximum Gasteiger partial charge on any atom is 0.245 e. The first-order chi connectivity index (χ1) is 20.0. The Balaban J connectivity index is 1.42. The second kappa shape index (κ2) is 11.5. The fraction of sp³-hybridized carbons (Fsp3) is 0.394. The first-order valence-corrected chi connectivity index (χ1v) is 14.4. The van der Waals surface area contributed by atoms with E-state index in [1.165, 1.54) is 6.92 Å². The smallest absolute Gasteiger partial charge is 0.245 e. The predicted molar refractivity (Wildman–Crippen MR) is 162 cm³/mol. The number of aryl methyl sites for hydroxylation is 2. The summed E-state index contributed by atoms with van der Waals surface area (Å²) in [6.07, 6.45) is 4.80. The zero-order valence-corrected chi connectivity index (χ0v) is 25.1. The van der Waals surface area contributed by atoms with Crippen LogP contribution in [-0.4, -0.2) is 60.9 Å². The number of fused-ring (bicyclic) bond motifs is 1. The number of aromatic nitrogens is 4. The average Bonchev–Trinajstić information content (AvgIpc) is 3.43. The molecule has 0 radical (unpaired) electrons. The minimum Gasteiger partial charge on any atom is -0.354 e. The van der Waals surface area contributed by atoms with Crippen LogP contribution in [0.4, 0.5) is 0 Å². The van der Waals surface area contributed by atoms with Crippen molar-refractivity contribution in [3.63, 3.8) is 0 Å². The van der Waals surface area contributed by atoms with Crippen molar-refractivity contribution < 1.29 is 14.4 Å². The van der Waals surface area contributed by atoms with Crippen molar-refractivity contribution in [3.8, 4) is 11.1 Å². The highest BCUT2D eigenvalue weighted by molar-refractivity contribution is 6.07. The zero-order valence-electron chi connectivity index (χ0n) is 25.1. The molecule has 2 aromatic carbocycles. The number of hydrogen-bond donors (Lipinski definition) is 1. The Bertz CT molecular complexity index is 1640. The van der Waals surface area contributed by atoms with Crippen LogP contribution in [0.15, 0.2) is 54.9 Å². The van der Waals surface area contributed by atoms with Gasteiger partial charge in [0.05, 0.1) is 5.52 Å². The van der Waals surface area contributed by atoms with Gasteiger partial charge in [0, 0.05) is 42.9 Å².